The van der Waals surface area contributed by atoms with Gasteiger partial charge in [-0.2, -0.15) is 0 Å². The van der Waals surface area contributed by atoms with Crippen LogP contribution >= 0.6 is 17.3 Å². The summed E-state index contributed by atoms with van der Waals surface area (Å²) in [5, 5.41) is 1.06. The van der Waals surface area contributed by atoms with E-state index in [-0.39, 0.29) is 0 Å². The molecular formula is C6H5ClPS+. The fraction of sp³-hybridized carbons (Fsp3) is 0. The van der Waals surface area contributed by atoms with E-state index in [0.717, 1.165) is 5.30 Å². The number of halogens is 1. The second kappa shape index (κ2) is 3.26. The molecule has 1 rings (SSSR count). The zero-order valence-corrected chi connectivity index (χ0v) is 7.09. The predicted molar refractivity (Wildman–Crippen MR) is 46.2 cm³/mol. The van der Waals surface area contributed by atoms with Gasteiger partial charge in [0.05, 0.1) is 0 Å². The van der Waals surface area contributed by atoms with Gasteiger partial charge in [0.25, 0.3) is 0 Å². The lowest BCUT2D eigenvalue weighted by Crippen LogP contribution is -1.88. The molecule has 0 bridgehead atoms. The van der Waals surface area contributed by atoms with Gasteiger partial charge in [0.1, 0.15) is 0 Å². The van der Waals surface area contributed by atoms with E-state index in [2.05, 4.69) is 0 Å². The molecule has 0 amide bonds. The molecule has 1 aromatic rings. The summed E-state index contributed by atoms with van der Waals surface area (Å²) in [6.07, 6.45) is 0. The maximum atomic E-state index is 5.68. The van der Waals surface area contributed by atoms with E-state index in [9.17, 15) is 0 Å². The Labute approximate surface area is 65.1 Å². The summed E-state index contributed by atoms with van der Waals surface area (Å²) >= 11 is 10.6. The van der Waals surface area contributed by atoms with E-state index in [0.29, 0.717) is 0 Å². The molecule has 0 saturated carbocycles. The van der Waals surface area contributed by atoms with Crippen molar-refractivity contribution in [2.75, 3.05) is 0 Å². The van der Waals surface area contributed by atoms with Crippen LogP contribution in [-0.2, 0) is 11.8 Å². The zero-order chi connectivity index (χ0) is 6.69. The molecule has 0 N–H and O–H groups in total. The van der Waals surface area contributed by atoms with Gasteiger partial charge in [-0.15, -0.1) is 0 Å². The van der Waals surface area contributed by atoms with Crippen molar-refractivity contribution in [2.24, 2.45) is 0 Å². The van der Waals surface area contributed by atoms with Gasteiger partial charge < -0.3 is 0 Å². The van der Waals surface area contributed by atoms with Gasteiger partial charge in [0, 0.05) is 0 Å². The second-order valence-electron chi connectivity index (χ2n) is 1.58. The fourth-order valence-corrected chi connectivity index (χ4v) is 1.65. The number of rotatable bonds is 1. The van der Waals surface area contributed by atoms with Crippen molar-refractivity contribution in [3.8, 4) is 0 Å². The summed E-state index contributed by atoms with van der Waals surface area (Å²) in [4.78, 5) is 0. The van der Waals surface area contributed by atoms with E-state index in [1.165, 1.54) is 0 Å². The average Bonchev–Trinajstić information content (AvgIpc) is 1.90. The molecule has 0 aliphatic rings. The average molecular weight is 176 g/mol. The van der Waals surface area contributed by atoms with Gasteiger partial charge >= 0.3 is 6.05 Å². The molecule has 1 atom stereocenters. The Kier molecular flexibility index (Phi) is 2.59. The SMILES string of the molecule is S=[P+](Cl)c1ccccc1. The first-order valence-electron chi connectivity index (χ1n) is 2.49. The van der Waals surface area contributed by atoms with Crippen LogP contribution in [0, 0.1) is 0 Å². The maximum absolute atomic E-state index is 5.68. The highest BCUT2D eigenvalue weighted by atomic mass is 35.7. The first-order valence-corrected chi connectivity index (χ1v) is 5.75. The highest BCUT2D eigenvalue weighted by Gasteiger charge is 2.07. The van der Waals surface area contributed by atoms with Crippen molar-refractivity contribution < 1.29 is 0 Å². The summed E-state index contributed by atoms with van der Waals surface area (Å²) in [5.41, 5.74) is 0. The molecule has 0 aliphatic carbocycles. The molecule has 0 saturated heterocycles. The van der Waals surface area contributed by atoms with E-state index in [1.54, 1.807) is 0 Å². The fourth-order valence-electron chi connectivity index (χ4n) is 0.545. The molecule has 9 heavy (non-hydrogen) atoms. The number of benzene rings is 1. The van der Waals surface area contributed by atoms with Crippen LogP contribution in [0.4, 0.5) is 0 Å². The molecule has 0 aromatic heterocycles. The third-order valence-electron chi connectivity index (χ3n) is 0.959. The molecule has 0 spiro atoms. The highest BCUT2D eigenvalue weighted by Crippen LogP contribution is 2.24. The minimum atomic E-state index is -0.840. The number of hydrogen-bond acceptors (Lipinski definition) is 1. The molecule has 0 aliphatic heterocycles. The molecule has 1 aromatic carbocycles. The Morgan fingerprint density at radius 3 is 2.11 bits per heavy atom. The van der Waals surface area contributed by atoms with E-state index < -0.39 is 6.05 Å². The Morgan fingerprint density at radius 1 is 1.22 bits per heavy atom. The van der Waals surface area contributed by atoms with Crippen molar-refractivity contribution in [1.82, 2.24) is 0 Å². The topological polar surface area (TPSA) is 0 Å². The molecule has 46 valence electrons. The Hall–Kier alpha value is 0.0300. The van der Waals surface area contributed by atoms with Crippen LogP contribution in [0.3, 0.4) is 0 Å². The van der Waals surface area contributed by atoms with Crippen LogP contribution in [0.15, 0.2) is 30.3 Å². The van der Waals surface area contributed by atoms with Crippen molar-refractivity contribution in [3.05, 3.63) is 30.3 Å². The summed E-state index contributed by atoms with van der Waals surface area (Å²) < 4.78 is 0. The summed E-state index contributed by atoms with van der Waals surface area (Å²) in [5.74, 6) is 0. The van der Waals surface area contributed by atoms with Crippen LogP contribution in [0.5, 0.6) is 0 Å². The van der Waals surface area contributed by atoms with Crippen LogP contribution in [0.25, 0.3) is 0 Å². The zero-order valence-electron chi connectivity index (χ0n) is 4.62. The standard InChI is InChI=1S/C6H5ClPS/c7-8(9)6-4-2-1-3-5-6/h1-5H/q+1. The Morgan fingerprint density at radius 2 is 1.78 bits per heavy atom. The number of hydrogen-bond donors (Lipinski definition) is 0. The lowest BCUT2D eigenvalue weighted by molar-refractivity contribution is 1.78. The van der Waals surface area contributed by atoms with Gasteiger partial charge in [-0.1, -0.05) is 18.2 Å². The minimum absolute atomic E-state index is 0.840. The first kappa shape index (κ1) is 7.14. The van der Waals surface area contributed by atoms with Crippen LogP contribution < -0.4 is 5.30 Å². The van der Waals surface area contributed by atoms with Crippen LogP contribution in [-0.4, -0.2) is 0 Å². The normalized spacial score (nSPS) is 11.0. The maximum Gasteiger partial charge on any atom is 0.327 e. The van der Waals surface area contributed by atoms with E-state index >= 15 is 0 Å². The molecule has 0 fully saturated rings. The van der Waals surface area contributed by atoms with Gasteiger partial charge in [0.2, 0.25) is 0 Å². The summed E-state index contributed by atoms with van der Waals surface area (Å²) in [6, 6.07) is 8.90. The Bertz CT molecular complexity index is 210. The van der Waals surface area contributed by atoms with Crippen molar-refractivity contribution in [3.63, 3.8) is 0 Å². The van der Waals surface area contributed by atoms with Crippen molar-refractivity contribution >= 4 is 34.4 Å². The lowest BCUT2D eigenvalue weighted by atomic mass is 10.4. The molecule has 0 nitrogen and oxygen atoms in total. The van der Waals surface area contributed by atoms with Gasteiger partial charge in [-0.3, -0.25) is 0 Å². The molecule has 1 unspecified atom stereocenters. The van der Waals surface area contributed by atoms with Crippen molar-refractivity contribution in [1.29, 1.82) is 0 Å². The van der Waals surface area contributed by atoms with Gasteiger partial charge in [-0.25, -0.2) is 0 Å². The summed E-state index contributed by atoms with van der Waals surface area (Å²) in [6.45, 7) is 0. The van der Waals surface area contributed by atoms with E-state index in [1.807, 2.05) is 30.3 Å². The molecule has 3 heteroatoms. The quantitative estimate of drug-likeness (QED) is 0.591. The Balaban J connectivity index is 2.98. The largest absolute Gasteiger partial charge is 0.327 e. The minimum Gasteiger partial charge on any atom is -0.0619 e. The van der Waals surface area contributed by atoms with Crippen LogP contribution in [0.2, 0.25) is 0 Å². The van der Waals surface area contributed by atoms with E-state index in [4.69, 9.17) is 23.0 Å². The molecular weight excluding hydrogens is 171 g/mol. The molecule has 0 heterocycles. The van der Waals surface area contributed by atoms with Gasteiger partial charge in [0.15, 0.2) is 28.4 Å². The first-order chi connectivity index (χ1) is 4.30. The molecule has 0 radical (unpaired) electrons. The highest BCUT2D eigenvalue weighted by molar-refractivity contribution is 8.20. The third kappa shape index (κ3) is 2.02. The second-order valence-corrected chi connectivity index (χ2v) is 5.30. The smallest absolute Gasteiger partial charge is 0.0619 e. The predicted octanol–water partition coefficient (Wildman–Crippen LogP) is 2.41. The third-order valence-corrected chi connectivity index (χ3v) is 2.88. The monoisotopic (exact) mass is 175 g/mol. The van der Waals surface area contributed by atoms with Crippen LogP contribution in [0.1, 0.15) is 0 Å². The van der Waals surface area contributed by atoms with Gasteiger partial charge in [-0.05, 0) is 12.1 Å². The summed E-state index contributed by atoms with van der Waals surface area (Å²) in [7, 11) is 0. The van der Waals surface area contributed by atoms with Crippen molar-refractivity contribution in [2.45, 2.75) is 0 Å². The lowest BCUT2D eigenvalue weighted by Gasteiger charge is -1.79.